The van der Waals surface area contributed by atoms with Gasteiger partial charge in [-0.2, -0.15) is 0 Å². The number of para-hydroxylation sites is 1. The number of nitrogens with one attached hydrogen (secondary N) is 2. The molecule has 3 aromatic rings. The number of phenols is 1. The van der Waals surface area contributed by atoms with Crippen LogP contribution in [0.5, 0.6) is 11.5 Å². The zero-order valence-electron chi connectivity index (χ0n) is 16.6. The monoisotopic (exact) mass is 382 g/mol. The second kappa shape index (κ2) is 8.35. The molecule has 6 nitrogen and oxygen atoms in total. The van der Waals surface area contributed by atoms with Gasteiger partial charge in [-0.1, -0.05) is 24.3 Å². The lowest BCUT2D eigenvalue weighted by Gasteiger charge is -2.27. The lowest BCUT2D eigenvalue weighted by molar-refractivity contribution is -0.143. The number of rotatable bonds is 2. The number of aromatic hydroxyl groups is 1. The normalized spacial score (nSPS) is 18.0. The average molecular weight is 382 g/mol. The molecule has 1 aromatic heterocycles. The molecule has 2 heterocycles. The summed E-state index contributed by atoms with van der Waals surface area (Å²) in [6, 6.07) is 13.3. The summed E-state index contributed by atoms with van der Waals surface area (Å²) < 4.78 is 9.71. The number of ether oxygens (including phenoxy) is 2. The van der Waals surface area contributed by atoms with E-state index in [-0.39, 0.29) is 23.8 Å². The molecule has 148 valence electrons. The summed E-state index contributed by atoms with van der Waals surface area (Å²) in [4.78, 5) is 15.1. The molecule has 0 fully saturated rings. The van der Waals surface area contributed by atoms with Gasteiger partial charge in [0.05, 0.1) is 14.2 Å². The lowest BCUT2D eigenvalue weighted by Crippen LogP contribution is -2.44. The number of carbonyl (C=O) groups is 1. The Morgan fingerprint density at radius 1 is 1.18 bits per heavy atom. The Labute approximate surface area is 164 Å². The molecule has 2 atom stereocenters. The van der Waals surface area contributed by atoms with E-state index in [0.717, 1.165) is 11.1 Å². The predicted octanol–water partition coefficient (Wildman–Crippen LogP) is 3.63. The molecule has 0 saturated carbocycles. The van der Waals surface area contributed by atoms with Crippen molar-refractivity contribution in [3.63, 3.8) is 0 Å². The molecule has 1 aliphatic rings. The molecule has 28 heavy (non-hydrogen) atoms. The number of aromatic amines is 1. The number of aromatic nitrogens is 1. The van der Waals surface area contributed by atoms with Crippen molar-refractivity contribution >= 4 is 16.9 Å². The van der Waals surface area contributed by atoms with Gasteiger partial charge in [-0.25, -0.2) is 0 Å². The van der Waals surface area contributed by atoms with Crippen molar-refractivity contribution < 1.29 is 19.4 Å². The van der Waals surface area contributed by atoms with E-state index in [1.165, 1.54) is 30.9 Å². The van der Waals surface area contributed by atoms with Crippen LogP contribution >= 0.6 is 0 Å². The quantitative estimate of drug-likeness (QED) is 0.590. The van der Waals surface area contributed by atoms with Crippen LogP contribution in [-0.2, 0) is 16.0 Å². The molecule has 1 aliphatic heterocycles. The van der Waals surface area contributed by atoms with Crippen LogP contribution in [0.1, 0.15) is 29.8 Å². The van der Waals surface area contributed by atoms with Gasteiger partial charge in [0, 0.05) is 29.1 Å². The topological polar surface area (TPSA) is 83.6 Å². The second-order valence-electron chi connectivity index (χ2n) is 6.91. The summed E-state index contributed by atoms with van der Waals surface area (Å²) in [5, 5.41) is 13.6. The third kappa shape index (κ3) is 3.97. The maximum absolute atomic E-state index is 11.7. The van der Waals surface area contributed by atoms with Crippen LogP contribution in [0.2, 0.25) is 0 Å². The van der Waals surface area contributed by atoms with E-state index in [9.17, 15) is 4.79 Å². The summed E-state index contributed by atoms with van der Waals surface area (Å²) in [7, 11) is 2.97. The first kappa shape index (κ1) is 19.8. The van der Waals surface area contributed by atoms with Gasteiger partial charge in [-0.05, 0) is 43.2 Å². The first-order valence-corrected chi connectivity index (χ1v) is 9.21. The fourth-order valence-electron chi connectivity index (χ4n) is 3.54. The van der Waals surface area contributed by atoms with Gasteiger partial charge < -0.3 is 19.6 Å². The van der Waals surface area contributed by atoms with Crippen LogP contribution in [0.3, 0.4) is 0 Å². The van der Waals surface area contributed by atoms with Crippen molar-refractivity contribution in [3.8, 4) is 11.5 Å². The van der Waals surface area contributed by atoms with Crippen LogP contribution in [-0.4, -0.2) is 36.3 Å². The molecule has 0 saturated heterocycles. The van der Waals surface area contributed by atoms with Crippen molar-refractivity contribution in [3.05, 3.63) is 59.3 Å². The highest BCUT2D eigenvalue weighted by molar-refractivity contribution is 5.87. The van der Waals surface area contributed by atoms with Crippen molar-refractivity contribution in [2.75, 3.05) is 14.2 Å². The number of hydrogen-bond acceptors (Lipinski definition) is 5. The van der Waals surface area contributed by atoms with Gasteiger partial charge in [0.1, 0.15) is 6.04 Å². The van der Waals surface area contributed by atoms with Crippen LogP contribution in [0, 0.1) is 6.92 Å². The number of carbonyl (C=O) groups excluding carboxylic acids is 1. The number of fused-ring (bicyclic) bond motifs is 3. The van der Waals surface area contributed by atoms with Gasteiger partial charge in [0.25, 0.3) is 0 Å². The molecule has 4 rings (SSSR count). The van der Waals surface area contributed by atoms with E-state index in [1.807, 2.05) is 25.1 Å². The van der Waals surface area contributed by atoms with Crippen LogP contribution in [0.15, 0.2) is 42.5 Å². The van der Waals surface area contributed by atoms with E-state index < -0.39 is 0 Å². The number of methoxy groups -OCH3 is 2. The smallest absolute Gasteiger partial charge is 0.323 e. The van der Waals surface area contributed by atoms with Crippen molar-refractivity contribution in [1.82, 2.24) is 10.3 Å². The van der Waals surface area contributed by atoms with E-state index >= 15 is 0 Å². The van der Waals surface area contributed by atoms with Crippen LogP contribution in [0.25, 0.3) is 10.9 Å². The summed E-state index contributed by atoms with van der Waals surface area (Å²) in [5.41, 5.74) is 4.61. The SMILES string of the molecule is COC(=O)C1Cc2c([nH]c3ccccc23)C(C)N1.COc1cc(C)ccc1O. The third-order valence-corrected chi connectivity index (χ3v) is 4.96. The molecule has 6 heteroatoms. The largest absolute Gasteiger partial charge is 0.504 e. The van der Waals surface area contributed by atoms with Gasteiger partial charge >= 0.3 is 5.97 Å². The average Bonchev–Trinajstić information content (AvgIpc) is 3.09. The Hall–Kier alpha value is -2.99. The first-order valence-electron chi connectivity index (χ1n) is 9.21. The molecule has 0 spiro atoms. The highest BCUT2D eigenvalue weighted by Crippen LogP contribution is 2.31. The Kier molecular flexibility index (Phi) is 5.90. The van der Waals surface area contributed by atoms with Crippen molar-refractivity contribution in [1.29, 1.82) is 0 Å². The van der Waals surface area contributed by atoms with Crippen LogP contribution in [0.4, 0.5) is 0 Å². The van der Waals surface area contributed by atoms with E-state index in [2.05, 4.69) is 29.4 Å². The number of H-pyrrole nitrogens is 1. The van der Waals surface area contributed by atoms with Gasteiger partial charge in [-0.15, -0.1) is 0 Å². The van der Waals surface area contributed by atoms with Crippen LogP contribution < -0.4 is 10.1 Å². The van der Waals surface area contributed by atoms with Crippen molar-refractivity contribution in [2.24, 2.45) is 0 Å². The summed E-state index contributed by atoms with van der Waals surface area (Å²) >= 11 is 0. The fraction of sp³-hybridized carbons (Fsp3) is 0.318. The number of benzene rings is 2. The zero-order chi connectivity index (χ0) is 20.3. The third-order valence-electron chi connectivity index (χ3n) is 4.96. The molecule has 2 aromatic carbocycles. The molecular weight excluding hydrogens is 356 g/mol. The van der Waals surface area contributed by atoms with Gasteiger partial charge in [0.2, 0.25) is 0 Å². The summed E-state index contributed by atoms with van der Waals surface area (Å²) in [6.45, 7) is 4.01. The maximum atomic E-state index is 11.7. The molecule has 0 aliphatic carbocycles. The fourth-order valence-corrected chi connectivity index (χ4v) is 3.54. The highest BCUT2D eigenvalue weighted by Gasteiger charge is 2.31. The molecule has 0 bridgehead atoms. The Bertz CT molecular complexity index is 980. The Morgan fingerprint density at radius 3 is 2.61 bits per heavy atom. The molecule has 0 amide bonds. The minimum Gasteiger partial charge on any atom is -0.504 e. The summed E-state index contributed by atoms with van der Waals surface area (Å²) in [5.74, 6) is 0.519. The zero-order valence-corrected chi connectivity index (χ0v) is 16.6. The summed E-state index contributed by atoms with van der Waals surface area (Å²) in [6.07, 6.45) is 0.677. The predicted molar refractivity (Wildman–Crippen MR) is 109 cm³/mol. The van der Waals surface area contributed by atoms with E-state index in [1.54, 1.807) is 12.1 Å². The van der Waals surface area contributed by atoms with E-state index in [0.29, 0.717) is 12.2 Å². The molecule has 2 unspecified atom stereocenters. The minimum atomic E-state index is -0.253. The first-order chi connectivity index (χ1) is 13.4. The van der Waals surface area contributed by atoms with Gasteiger partial charge in [-0.3, -0.25) is 10.1 Å². The molecular formula is C22H26N2O4. The van der Waals surface area contributed by atoms with E-state index in [4.69, 9.17) is 14.6 Å². The Balaban J connectivity index is 0.000000192. The minimum absolute atomic E-state index is 0.130. The van der Waals surface area contributed by atoms with Gasteiger partial charge in [0.15, 0.2) is 11.5 Å². The lowest BCUT2D eigenvalue weighted by atomic mass is 9.95. The Morgan fingerprint density at radius 2 is 1.93 bits per heavy atom. The number of phenolic OH excluding ortho intramolecular Hbond substituents is 1. The molecule has 0 radical (unpaired) electrons. The number of hydrogen-bond donors (Lipinski definition) is 3. The number of esters is 1. The van der Waals surface area contributed by atoms with Crippen molar-refractivity contribution in [2.45, 2.75) is 32.4 Å². The highest BCUT2D eigenvalue weighted by atomic mass is 16.5. The second-order valence-corrected chi connectivity index (χ2v) is 6.91. The maximum Gasteiger partial charge on any atom is 0.323 e. The standard InChI is InChI=1S/C14H16N2O2.C8H10O2/c1-8-13-10(7-12(15-8)14(17)18-2)9-5-3-4-6-11(9)16-13;1-6-3-4-7(9)8(5-6)10-2/h3-6,8,12,15-16H,7H2,1-2H3;3-5,9H,1-2H3. The molecule has 3 N–H and O–H groups in total. The number of aryl methyl sites for hydroxylation is 1.